The summed E-state index contributed by atoms with van der Waals surface area (Å²) in [6.45, 7) is 8.34. The second-order valence-corrected chi connectivity index (χ2v) is 4.95. The number of hydrogen-bond acceptors (Lipinski definition) is 2. The number of nitrogens with one attached hydrogen (secondary N) is 1. The van der Waals surface area contributed by atoms with Crippen LogP contribution in [0.25, 0.3) is 0 Å². The lowest BCUT2D eigenvalue weighted by molar-refractivity contribution is -0.109. The van der Waals surface area contributed by atoms with Crippen LogP contribution in [0.4, 0.5) is 0 Å². The minimum absolute atomic E-state index is 0.0200. The molecule has 1 fully saturated rings. The molecule has 1 aromatic carbocycles. The molecule has 1 aliphatic rings. The average molecular weight is 219 g/mol. The molecule has 88 valence electrons. The van der Waals surface area contributed by atoms with Crippen molar-refractivity contribution in [1.29, 1.82) is 0 Å². The third-order valence-corrected chi connectivity index (χ3v) is 3.45. The number of benzene rings is 1. The maximum Gasteiger partial charge on any atom is 0.0957 e. The molecule has 0 bridgehead atoms. The first-order valence-electron chi connectivity index (χ1n) is 6.08. The van der Waals surface area contributed by atoms with Crippen molar-refractivity contribution in [2.75, 3.05) is 13.1 Å². The molecule has 0 radical (unpaired) electrons. The smallest absolute Gasteiger partial charge is 0.0957 e. The molecular formula is C14H21NO. The van der Waals surface area contributed by atoms with Gasteiger partial charge in [0.1, 0.15) is 0 Å². The molecule has 2 nitrogen and oxygen atoms in total. The standard InChI is InChI=1S/C14H21NO/c1-4-14(3)10-15-9-13(16-14)12-7-5-11(2)6-8-12/h5-8,13,15H,4,9-10H2,1-3H3. The first-order valence-corrected chi connectivity index (χ1v) is 6.08. The van der Waals surface area contributed by atoms with Crippen LogP contribution in [0.2, 0.25) is 0 Å². The van der Waals surface area contributed by atoms with Gasteiger partial charge in [-0.3, -0.25) is 0 Å². The van der Waals surface area contributed by atoms with Crippen LogP contribution >= 0.6 is 0 Å². The third-order valence-electron chi connectivity index (χ3n) is 3.45. The highest BCUT2D eigenvalue weighted by atomic mass is 16.5. The maximum absolute atomic E-state index is 6.19. The molecule has 0 saturated carbocycles. The number of hydrogen-bond donors (Lipinski definition) is 1. The van der Waals surface area contributed by atoms with Gasteiger partial charge in [0.25, 0.3) is 0 Å². The van der Waals surface area contributed by atoms with Crippen molar-refractivity contribution in [2.24, 2.45) is 0 Å². The molecule has 0 spiro atoms. The average Bonchev–Trinajstić information content (AvgIpc) is 2.30. The summed E-state index contributed by atoms with van der Waals surface area (Å²) < 4.78 is 6.19. The molecule has 16 heavy (non-hydrogen) atoms. The summed E-state index contributed by atoms with van der Waals surface area (Å²) in [5.74, 6) is 0. The van der Waals surface area contributed by atoms with Gasteiger partial charge in [-0.1, -0.05) is 36.8 Å². The maximum atomic E-state index is 6.19. The van der Waals surface area contributed by atoms with Gasteiger partial charge in [0.15, 0.2) is 0 Å². The fourth-order valence-corrected chi connectivity index (χ4v) is 2.07. The zero-order chi connectivity index (χ0) is 11.6. The molecule has 1 aromatic rings. The van der Waals surface area contributed by atoms with Crippen LogP contribution in [0.3, 0.4) is 0 Å². The van der Waals surface area contributed by atoms with E-state index in [9.17, 15) is 0 Å². The van der Waals surface area contributed by atoms with Gasteiger partial charge in [0.2, 0.25) is 0 Å². The molecule has 2 heteroatoms. The largest absolute Gasteiger partial charge is 0.365 e. The van der Waals surface area contributed by atoms with Crippen molar-refractivity contribution in [1.82, 2.24) is 5.32 Å². The first kappa shape index (κ1) is 11.6. The lowest BCUT2D eigenvalue weighted by atomic mass is 9.98. The Balaban J connectivity index is 2.12. The molecule has 1 heterocycles. The molecule has 0 amide bonds. The summed E-state index contributed by atoms with van der Waals surface area (Å²) in [7, 11) is 0. The topological polar surface area (TPSA) is 21.3 Å². The van der Waals surface area contributed by atoms with Gasteiger partial charge < -0.3 is 10.1 Å². The summed E-state index contributed by atoms with van der Waals surface area (Å²) in [5.41, 5.74) is 2.55. The Morgan fingerprint density at radius 2 is 2.06 bits per heavy atom. The van der Waals surface area contributed by atoms with Crippen molar-refractivity contribution in [3.05, 3.63) is 35.4 Å². The Morgan fingerprint density at radius 1 is 1.38 bits per heavy atom. The van der Waals surface area contributed by atoms with Crippen LogP contribution < -0.4 is 5.32 Å². The Kier molecular flexibility index (Phi) is 3.31. The van der Waals surface area contributed by atoms with Crippen molar-refractivity contribution in [2.45, 2.75) is 38.9 Å². The van der Waals surface area contributed by atoms with E-state index in [1.54, 1.807) is 0 Å². The van der Waals surface area contributed by atoms with Crippen LogP contribution in [0.5, 0.6) is 0 Å². The Bertz CT molecular complexity index is 346. The minimum atomic E-state index is -0.0200. The van der Waals surface area contributed by atoms with Gasteiger partial charge in [-0.25, -0.2) is 0 Å². The lowest BCUT2D eigenvalue weighted by Crippen LogP contribution is -2.48. The highest BCUT2D eigenvalue weighted by Gasteiger charge is 2.31. The van der Waals surface area contributed by atoms with Crippen LogP contribution in [-0.2, 0) is 4.74 Å². The van der Waals surface area contributed by atoms with E-state index in [0.29, 0.717) is 0 Å². The van der Waals surface area contributed by atoms with Crippen molar-refractivity contribution >= 4 is 0 Å². The van der Waals surface area contributed by atoms with Gasteiger partial charge in [-0.05, 0) is 25.8 Å². The zero-order valence-electron chi connectivity index (χ0n) is 10.4. The summed E-state index contributed by atoms with van der Waals surface area (Å²) in [4.78, 5) is 0. The quantitative estimate of drug-likeness (QED) is 0.826. The fraction of sp³-hybridized carbons (Fsp3) is 0.571. The lowest BCUT2D eigenvalue weighted by Gasteiger charge is -2.39. The highest BCUT2D eigenvalue weighted by Crippen LogP contribution is 2.29. The SMILES string of the molecule is CCC1(C)CNCC(c2ccc(C)cc2)O1. The Labute approximate surface area is 98.0 Å². The number of rotatable bonds is 2. The van der Waals surface area contributed by atoms with Gasteiger partial charge in [-0.15, -0.1) is 0 Å². The zero-order valence-corrected chi connectivity index (χ0v) is 10.4. The van der Waals surface area contributed by atoms with Crippen LogP contribution in [-0.4, -0.2) is 18.7 Å². The first-order chi connectivity index (χ1) is 7.63. The molecular weight excluding hydrogens is 198 g/mol. The molecule has 2 atom stereocenters. The van der Waals surface area contributed by atoms with E-state index >= 15 is 0 Å². The van der Waals surface area contributed by atoms with Crippen LogP contribution in [0, 0.1) is 6.92 Å². The van der Waals surface area contributed by atoms with Gasteiger partial charge >= 0.3 is 0 Å². The Morgan fingerprint density at radius 3 is 2.69 bits per heavy atom. The predicted octanol–water partition coefficient (Wildman–Crippen LogP) is 2.82. The second kappa shape index (κ2) is 4.56. The van der Waals surface area contributed by atoms with E-state index in [1.807, 2.05) is 0 Å². The number of aryl methyl sites for hydroxylation is 1. The third kappa shape index (κ3) is 2.45. The fourth-order valence-electron chi connectivity index (χ4n) is 2.07. The Hall–Kier alpha value is -0.860. The van der Waals surface area contributed by atoms with Crippen molar-refractivity contribution in [3.8, 4) is 0 Å². The highest BCUT2D eigenvalue weighted by molar-refractivity contribution is 5.24. The monoisotopic (exact) mass is 219 g/mol. The summed E-state index contributed by atoms with van der Waals surface area (Å²) in [6.07, 6.45) is 1.24. The van der Waals surface area contributed by atoms with Crippen molar-refractivity contribution < 1.29 is 4.74 Å². The van der Waals surface area contributed by atoms with E-state index in [0.717, 1.165) is 19.5 Å². The molecule has 2 unspecified atom stereocenters. The summed E-state index contributed by atoms with van der Waals surface area (Å²) >= 11 is 0. The number of morpholine rings is 1. The molecule has 2 rings (SSSR count). The predicted molar refractivity (Wildman–Crippen MR) is 66.6 cm³/mol. The van der Waals surface area contributed by atoms with E-state index in [2.05, 4.69) is 50.4 Å². The van der Waals surface area contributed by atoms with E-state index in [4.69, 9.17) is 4.74 Å². The summed E-state index contributed by atoms with van der Waals surface area (Å²) in [5, 5.41) is 3.46. The normalized spacial score (nSPS) is 30.3. The molecule has 0 aliphatic carbocycles. The van der Waals surface area contributed by atoms with Gasteiger partial charge in [0, 0.05) is 13.1 Å². The molecule has 1 N–H and O–H groups in total. The van der Waals surface area contributed by atoms with E-state index < -0.39 is 0 Å². The minimum Gasteiger partial charge on any atom is -0.365 e. The molecule has 0 aromatic heterocycles. The van der Waals surface area contributed by atoms with Gasteiger partial charge in [-0.2, -0.15) is 0 Å². The van der Waals surface area contributed by atoms with E-state index in [1.165, 1.54) is 11.1 Å². The second-order valence-electron chi connectivity index (χ2n) is 4.95. The summed E-state index contributed by atoms with van der Waals surface area (Å²) in [6, 6.07) is 8.64. The van der Waals surface area contributed by atoms with Crippen LogP contribution in [0.1, 0.15) is 37.5 Å². The molecule has 1 aliphatic heterocycles. The number of ether oxygens (including phenoxy) is 1. The van der Waals surface area contributed by atoms with Gasteiger partial charge in [0.05, 0.1) is 11.7 Å². The molecule has 1 saturated heterocycles. The van der Waals surface area contributed by atoms with Crippen LogP contribution in [0.15, 0.2) is 24.3 Å². The van der Waals surface area contributed by atoms with E-state index in [-0.39, 0.29) is 11.7 Å². The van der Waals surface area contributed by atoms with Crippen molar-refractivity contribution in [3.63, 3.8) is 0 Å².